The molecule has 2 aromatic rings. The smallest absolute Gasteiger partial charge is 0.306 e. The lowest BCUT2D eigenvalue weighted by molar-refractivity contribution is -0.240. The maximum atomic E-state index is 12.1. The minimum atomic E-state index is -2.76. The van der Waals surface area contributed by atoms with Crippen LogP contribution in [0.3, 0.4) is 0 Å². The van der Waals surface area contributed by atoms with Crippen LogP contribution in [0.25, 0.3) is 0 Å². The zero-order valence-corrected chi connectivity index (χ0v) is 20.2. The minimum absolute atomic E-state index is 0.0627. The molecule has 0 amide bonds. The van der Waals surface area contributed by atoms with Crippen molar-refractivity contribution in [3.63, 3.8) is 0 Å². The number of hydrogen-bond acceptors (Lipinski definition) is 4. The Balaban J connectivity index is 1.73. The van der Waals surface area contributed by atoms with E-state index in [1.165, 1.54) is 10.4 Å². The maximum absolute atomic E-state index is 12.1. The van der Waals surface area contributed by atoms with Crippen LogP contribution in [0.15, 0.2) is 60.7 Å². The third-order valence-corrected chi connectivity index (χ3v) is 12.5. The number of aliphatic hydroxyl groups is 1. The number of benzene rings is 2. The summed E-state index contributed by atoms with van der Waals surface area (Å²) in [5, 5.41) is 13.6. The molecule has 1 aliphatic heterocycles. The van der Waals surface area contributed by atoms with Crippen molar-refractivity contribution < 1.29 is 19.1 Å². The highest BCUT2D eigenvalue weighted by molar-refractivity contribution is 6.99. The van der Waals surface area contributed by atoms with Gasteiger partial charge in [0, 0.05) is 11.3 Å². The highest BCUT2D eigenvalue weighted by Crippen LogP contribution is 2.62. The SMILES string of the molecule is CC1(C)C[C@@H]2CC(=O)O[C@@]21[C@H](O)CO[Si](c1ccccc1)(c1ccccc1)C(C)(C)C. The number of esters is 1. The van der Waals surface area contributed by atoms with Crippen LogP contribution in [0, 0.1) is 11.3 Å². The molecule has 0 radical (unpaired) electrons. The summed E-state index contributed by atoms with van der Waals surface area (Å²) in [5.41, 5.74) is -1.12. The Morgan fingerprint density at radius 1 is 1.06 bits per heavy atom. The second-order valence-corrected chi connectivity index (χ2v) is 15.1. The molecule has 3 atom stereocenters. The van der Waals surface area contributed by atoms with E-state index < -0.39 is 20.0 Å². The van der Waals surface area contributed by atoms with Gasteiger partial charge in [-0.25, -0.2) is 0 Å². The van der Waals surface area contributed by atoms with E-state index in [4.69, 9.17) is 9.16 Å². The van der Waals surface area contributed by atoms with Gasteiger partial charge in [-0.1, -0.05) is 95.3 Å². The molecule has 1 aliphatic carbocycles. The molecule has 2 aliphatic rings. The van der Waals surface area contributed by atoms with Crippen molar-refractivity contribution >= 4 is 24.7 Å². The van der Waals surface area contributed by atoms with Gasteiger partial charge >= 0.3 is 5.97 Å². The minimum Gasteiger partial charge on any atom is -0.455 e. The van der Waals surface area contributed by atoms with Crippen molar-refractivity contribution in [2.24, 2.45) is 11.3 Å². The summed E-state index contributed by atoms with van der Waals surface area (Å²) >= 11 is 0. The normalized spacial score (nSPS) is 26.0. The lowest BCUT2D eigenvalue weighted by atomic mass is 9.50. The topological polar surface area (TPSA) is 55.8 Å². The van der Waals surface area contributed by atoms with Crippen LogP contribution in [0.4, 0.5) is 0 Å². The molecule has 0 bridgehead atoms. The van der Waals surface area contributed by atoms with E-state index in [2.05, 4.69) is 58.9 Å². The maximum Gasteiger partial charge on any atom is 0.306 e. The van der Waals surface area contributed by atoms with Crippen LogP contribution in [-0.2, 0) is 14.0 Å². The zero-order chi connectivity index (χ0) is 22.5. The third kappa shape index (κ3) is 3.29. The number of carbonyl (C=O) groups excluding carboxylic acids is 1. The van der Waals surface area contributed by atoms with Crippen LogP contribution < -0.4 is 10.4 Å². The molecule has 2 fully saturated rings. The van der Waals surface area contributed by atoms with E-state index in [0.717, 1.165) is 6.42 Å². The van der Waals surface area contributed by atoms with Gasteiger partial charge in [-0.2, -0.15) is 0 Å². The standard InChI is InChI=1S/C26H34O4Si/c1-24(2,3)31(20-12-8-6-9-13-20,21-14-10-7-11-15-21)29-18-22(27)26-19(16-23(28)30-26)17-25(26,4)5/h6-15,19,22,27H,16-18H2,1-5H3/t19-,22+,26+/m0/s1. The average Bonchev–Trinajstić information content (AvgIpc) is 3.01. The van der Waals surface area contributed by atoms with Gasteiger partial charge in [0.15, 0.2) is 0 Å². The number of fused-ring (bicyclic) bond motifs is 1. The summed E-state index contributed by atoms with van der Waals surface area (Å²) in [6.07, 6.45) is 0.406. The van der Waals surface area contributed by atoms with E-state index >= 15 is 0 Å². The molecular formula is C26H34O4Si. The number of rotatable bonds is 6. The lowest BCUT2D eigenvalue weighted by Crippen LogP contribution is -2.70. The largest absolute Gasteiger partial charge is 0.455 e. The Bertz CT molecular complexity index is 895. The van der Waals surface area contributed by atoms with E-state index in [-0.39, 0.29) is 28.9 Å². The summed E-state index contributed by atoms with van der Waals surface area (Å²) in [5.74, 6) is -0.146. The second kappa shape index (κ2) is 7.57. The first-order valence-corrected chi connectivity index (χ1v) is 13.1. The average molecular weight is 439 g/mol. The Kier molecular flexibility index (Phi) is 5.44. The Morgan fingerprint density at radius 2 is 1.58 bits per heavy atom. The summed E-state index contributed by atoms with van der Waals surface area (Å²) in [6, 6.07) is 20.8. The summed E-state index contributed by atoms with van der Waals surface area (Å²) in [6.45, 7) is 10.9. The molecular weight excluding hydrogens is 404 g/mol. The third-order valence-electron chi connectivity index (χ3n) is 7.49. The summed E-state index contributed by atoms with van der Waals surface area (Å²) in [7, 11) is -2.76. The highest BCUT2D eigenvalue weighted by atomic mass is 28.4. The zero-order valence-electron chi connectivity index (χ0n) is 19.2. The van der Waals surface area contributed by atoms with Crippen LogP contribution in [0.1, 0.15) is 47.5 Å². The first-order valence-electron chi connectivity index (χ1n) is 11.2. The Morgan fingerprint density at radius 3 is 2.00 bits per heavy atom. The van der Waals surface area contributed by atoms with Crippen LogP contribution in [0.5, 0.6) is 0 Å². The number of hydrogen-bond donors (Lipinski definition) is 1. The molecule has 1 heterocycles. The van der Waals surface area contributed by atoms with Crippen molar-refractivity contribution in [1.29, 1.82) is 0 Å². The molecule has 1 N–H and O–H groups in total. The monoisotopic (exact) mass is 438 g/mol. The quantitative estimate of drug-likeness (QED) is 0.552. The molecule has 0 aromatic heterocycles. The molecule has 166 valence electrons. The van der Waals surface area contributed by atoms with Crippen LogP contribution in [0.2, 0.25) is 5.04 Å². The summed E-state index contributed by atoms with van der Waals surface area (Å²) < 4.78 is 12.7. The summed E-state index contributed by atoms with van der Waals surface area (Å²) in [4.78, 5) is 12.1. The van der Waals surface area contributed by atoms with Gasteiger partial charge in [-0.05, 0) is 21.8 Å². The van der Waals surface area contributed by atoms with Crippen molar-refractivity contribution in [3.8, 4) is 0 Å². The Labute approximate surface area is 186 Å². The predicted molar refractivity (Wildman–Crippen MR) is 125 cm³/mol. The molecule has 5 heteroatoms. The first kappa shape index (κ1) is 22.2. The molecule has 0 unspecified atom stereocenters. The number of carbonyl (C=O) groups is 1. The van der Waals surface area contributed by atoms with Gasteiger partial charge in [0.1, 0.15) is 11.7 Å². The number of ether oxygens (including phenoxy) is 1. The molecule has 1 saturated carbocycles. The van der Waals surface area contributed by atoms with Crippen molar-refractivity contribution in [2.75, 3.05) is 6.61 Å². The van der Waals surface area contributed by atoms with Crippen LogP contribution in [-0.4, -0.2) is 37.7 Å². The van der Waals surface area contributed by atoms with Crippen molar-refractivity contribution in [3.05, 3.63) is 60.7 Å². The Hall–Kier alpha value is -1.95. The van der Waals surface area contributed by atoms with Gasteiger partial charge in [-0.3, -0.25) is 4.79 Å². The van der Waals surface area contributed by atoms with Gasteiger partial charge in [0.05, 0.1) is 13.0 Å². The van der Waals surface area contributed by atoms with Crippen molar-refractivity contribution in [2.45, 2.75) is 64.2 Å². The highest BCUT2D eigenvalue weighted by Gasteiger charge is 2.70. The van der Waals surface area contributed by atoms with Gasteiger partial charge in [-0.15, -0.1) is 0 Å². The lowest BCUT2D eigenvalue weighted by Gasteiger charge is -2.58. The van der Waals surface area contributed by atoms with Crippen LogP contribution >= 0.6 is 0 Å². The van der Waals surface area contributed by atoms with Gasteiger partial charge in [0.2, 0.25) is 0 Å². The van der Waals surface area contributed by atoms with Gasteiger partial charge < -0.3 is 14.3 Å². The predicted octanol–water partition coefficient (Wildman–Crippen LogP) is 3.66. The fraction of sp³-hybridized carbons (Fsp3) is 0.500. The number of aliphatic hydroxyl groups excluding tert-OH is 1. The molecule has 2 aromatic carbocycles. The van der Waals surface area contributed by atoms with Gasteiger partial charge in [0.25, 0.3) is 8.32 Å². The molecule has 31 heavy (non-hydrogen) atoms. The fourth-order valence-electron chi connectivity index (χ4n) is 6.11. The van der Waals surface area contributed by atoms with E-state index in [1.54, 1.807) is 0 Å². The van der Waals surface area contributed by atoms with E-state index in [1.807, 2.05) is 36.4 Å². The molecule has 4 rings (SSSR count). The van der Waals surface area contributed by atoms with E-state index in [9.17, 15) is 9.90 Å². The molecule has 1 saturated heterocycles. The molecule has 4 nitrogen and oxygen atoms in total. The second-order valence-electron chi connectivity index (χ2n) is 10.7. The fourth-order valence-corrected chi connectivity index (χ4v) is 10.7. The first-order chi connectivity index (χ1) is 14.5. The van der Waals surface area contributed by atoms with Crippen molar-refractivity contribution in [1.82, 2.24) is 0 Å². The van der Waals surface area contributed by atoms with E-state index in [0.29, 0.717) is 6.42 Å². The molecule has 0 spiro atoms.